The number of allylic oxidation sites excluding steroid dienone is 6. The molecule has 3 nitrogen and oxygen atoms in total. The summed E-state index contributed by atoms with van der Waals surface area (Å²) in [5.74, 6) is -0.621. The van der Waals surface area contributed by atoms with Crippen molar-refractivity contribution in [1.82, 2.24) is 0 Å². The molecule has 226 valence electrons. The van der Waals surface area contributed by atoms with Gasteiger partial charge in [0.25, 0.3) is 0 Å². The summed E-state index contributed by atoms with van der Waals surface area (Å²) in [6.45, 7) is 13.2. The molecule has 0 bridgehead atoms. The Morgan fingerprint density at radius 3 is 2.16 bits per heavy atom. The largest absolute Gasteiger partial charge is 0.509 e. The zero-order valence-electron chi connectivity index (χ0n) is 26.3. The van der Waals surface area contributed by atoms with Gasteiger partial charge in [-0.25, -0.2) is 0 Å². The molecule has 0 aliphatic carbocycles. The van der Waals surface area contributed by atoms with Crippen LogP contribution in [0, 0.1) is 6.92 Å². The Bertz CT molecular complexity index is 2090. The van der Waals surface area contributed by atoms with Crippen molar-refractivity contribution in [1.29, 1.82) is 0 Å². The van der Waals surface area contributed by atoms with Crippen LogP contribution < -0.4 is 0 Å². The molecular formula is C41H38O3S. The minimum atomic E-state index is -0.323. The smallest absolute Gasteiger partial charge is 0.159 e. The van der Waals surface area contributed by atoms with E-state index in [1.54, 1.807) is 18.3 Å². The molecule has 0 fully saturated rings. The fourth-order valence-corrected chi connectivity index (χ4v) is 7.06. The summed E-state index contributed by atoms with van der Waals surface area (Å²) >= 11 is 1.56. The predicted octanol–water partition coefficient (Wildman–Crippen LogP) is 12.6. The summed E-state index contributed by atoms with van der Waals surface area (Å²) in [7, 11) is 0. The molecule has 0 amide bonds. The minimum Gasteiger partial charge on any atom is -0.509 e. The normalized spacial score (nSPS) is 13.4. The standard InChI is InChI=1S/C41H38O3S/c1-7-10-11-16-31-25(4)37(35-20-14-19-34-36(24-45-41(34)35)40(44)26(5)39(43)27(6)42)32-17-12-13-18-33(32)38(31)30-22-21-28(9-3)29(23-30)15-8-2/h7-24,42-44H,3H2,1-2,4-6H3/b10-7-,15-8-,16-11-,39-27-,40-26+. The molecule has 0 aliphatic rings. The molecule has 0 aliphatic heterocycles. The Morgan fingerprint density at radius 2 is 1.49 bits per heavy atom. The maximum atomic E-state index is 11.2. The molecular weight excluding hydrogens is 573 g/mol. The number of thiophene rings is 1. The van der Waals surface area contributed by atoms with E-state index >= 15 is 0 Å². The predicted molar refractivity (Wildman–Crippen MR) is 197 cm³/mol. The molecule has 5 aromatic rings. The van der Waals surface area contributed by atoms with Crippen LogP contribution in [0.15, 0.2) is 114 Å². The molecule has 0 atom stereocenters. The third-order valence-electron chi connectivity index (χ3n) is 8.20. The van der Waals surface area contributed by atoms with Crippen molar-refractivity contribution in [3.8, 4) is 22.3 Å². The number of fused-ring (bicyclic) bond motifs is 2. The highest BCUT2D eigenvalue weighted by molar-refractivity contribution is 7.18. The van der Waals surface area contributed by atoms with Gasteiger partial charge in [-0.05, 0) is 90.4 Å². The number of benzene rings is 4. The summed E-state index contributed by atoms with van der Waals surface area (Å²) in [6.07, 6.45) is 14.4. The van der Waals surface area contributed by atoms with Gasteiger partial charge in [-0.3, -0.25) is 0 Å². The monoisotopic (exact) mass is 610 g/mol. The van der Waals surface area contributed by atoms with Crippen LogP contribution in [0.3, 0.4) is 0 Å². The van der Waals surface area contributed by atoms with Gasteiger partial charge in [0.05, 0.1) is 0 Å². The lowest BCUT2D eigenvalue weighted by molar-refractivity contribution is 0.332. The van der Waals surface area contributed by atoms with E-state index in [0.29, 0.717) is 5.56 Å². The quantitative estimate of drug-likeness (QED) is 0.121. The van der Waals surface area contributed by atoms with Crippen LogP contribution >= 0.6 is 11.3 Å². The highest BCUT2D eigenvalue weighted by atomic mass is 32.1. The van der Waals surface area contributed by atoms with Crippen molar-refractivity contribution in [3.63, 3.8) is 0 Å². The summed E-state index contributed by atoms with van der Waals surface area (Å²) in [5.41, 5.74) is 9.86. The molecule has 0 unspecified atom stereocenters. The first-order valence-corrected chi connectivity index (χ1v) is 15.9. The fourth-order valence-electron chi connectivity index (χ4n) is 5.98. The lowest BCUT2D eigenvalue weighted by Crippen LogP contribution is -1.97. The second-order valence-electron chi connectivity index (χ2n) is 11.0. The average molecular weight is 611 g/mol. The van der Waals surface area contributed by atoms with Crippen LogP contribution in [-0.4, -0.2) is 15.3 Å². The lowest BCUT2D eigenvalue weighted by atomic mass is 9.83. The highest BCUT2D eigenvalue weighted by Gasteiger charge is 2.22. The van der Waals surface area contributed by atoms with E-state index in [0.717, 1.165) is 59.8 Å². The van der Waals surface area contributed by atoms with Crippen molar-refractivity contribution in [2.45, 2.75) is 34.6 Å². The lowest BCUT2D eigenvalue weighted by Gasteiger charge is -2.21. The van der Waals surface area contributed by atoms with Crippen LogP contribution in [-0.2, 0) is 0 Å². The second-order valence-corrected chi connectivity index (χ2v) is 11.9. The van der Waals surface area contributed by atoms with Crippen molar-refractivity contribution in [2.24, 2.45) is 0 Å². The van der Waals surface area contributed by atoms with Crippen LogP contribution in [0.4, 0.5) is 0 Å². The maximum absolute atomic E-state index is 11.2. The van der Waals surface area contributed by atoms with Gasteiger partial charge in [0.1, 0.15) is 11.5 Å². The number of aliphatic hydroxyl groups excluding tert-OH is 3. The summed E-state index contributed by atoms with van der Waals surface area (Å²) in [6, 6.07) is 21.3. The number of hydrogen-bond donors (Lipinski definition) is 3. The van der Waals surface area contributed by atoms with Gasteiger partial charge in [-0.15, -0.1) is 11.3 Å². The first-order chi connectivity index (χ1) is 21.7. The molecule has 1 aromatic heterocycles. The summed E-state index contributed by atoms with van der Waals surface area (Å²) < 4.78 is 1.03. The molecule has 1 heterocycles. The SMILES string of the molecule is C=Cc1ccc(-c2c(/C=C\C=C/C)c(C)c(-c3cccc4c(/C(O)=C(C)\C(O)=C(/C)O)csc34)c3ccccc23)cc1/C=C\C. The van der Waals surface area contributed by atoms with E-state index in [4.69, 9.17) is 0 Å². The molecule has 5 rings (SSSR count). The fraction of sp³-hybridized carbons (Fsp3) is 0.122. The minimum absolute atomic E-state index is 0.0592. The Hall–Kier alpha value is -5.06. The van der Waals surface area contributed by atoms with E-state index in [1.165, 1.54) is 12.5 Å². The van der Waals surface area contributed by atoms with E-state index in [9.17, 15) is 15.3 Å². The van der Waals surface area contributed by atoms with E-state index in [2.05, 4.69) is 86.3 Å². The molecule has 45 heavy (non-hydrogen) atoms. The third-order valence-corrected chi connectivity index (χ3v) is 9.23. The van der Waals surface area contributed by atoms with Crippen LogP contribution in [0.25, 0.3) is 67.1 Å². The molecule has 0 radical (unpaired) electrons. The Morgan fingerprint density at radius 1 is 0.778 bits per heavy atom. The average Bonchev–Trinajstić information content (AvgIpc) is 3.49. The van der Waals surface area contributed by atoms with Crippen LogP contribution in [0.1, 0.15) is 55.5 Å². The van der Waals surface area contributed by atoms with Crippen LogP contribution in [0.2, 0.25) is 0 Å². The van der Waals surface area contributed by atoms with E-state index < -0.39 is 0 Å². The Balaban J connectivity index is 1.87. The Labute approximate surface area is 269 Å². The topological polar surface area (TPSA) is 60.7 Å². The van der Waals surface area contributed by atoms with Gasteiger partial charge in [0.15, 0.2) is 5.76 Å². The number of aliphatic hydroxyl groups is 3. The zero-order chi connectivity index (χ0) is 32.2. The number of hydrogen-bond acceptors (Lipinski definition) is 4. The molecule has 4 aromatic carbocycles. The summed E-state index contributed by atoms with van der Waals surface area (Å²) in [4.78, 5) is 0. The third kappa shape index (κ3) is 5.77. The Kier molecular flexibility index (Phi) is 9.26. The second kappa shape index (κ2) is 13.3. The van der Waals surface area contributed by atoms with Gasteiger partial charge in [0, 0.05) is 32.2 Å². The molecule has 0 spiro atoms. The highest BCUT2D eigenvalue weighted by Crippen LogP contribution is 2.46. The van der Waals surface area contributed by atoms with Crippen molar-refractivity contribution in [3.05, 3.63) is 142 Å². The van der Waals surface area contributed by atoms with Gasteiger partial charge in [0.2, 0.25) is 0 Å². The van der Waals surface area contributed by atoms with Gasteiger partial charge in [-0.1, -0.05) is 104 Å². The maximum Gasteiger partial charge on any atom is 0.159 e. The molecule has 0 saturated heterocycles. The first kappa shape index (κ1) is 31.4. The van der Waals surface area contributed by atoms with Crippen LogP contribution in [0.5, 0.6) is 0 Å². The van der Waals surface area contributed by atoms with E-state index in [1.807, 2.05) is 49.6 Å². The zero-order valence-corrected chi connectivity index (χ0v) is 27.2. The molecule has 3 N–H and O–H groups in total. The van der Waals surface area contributed by atoms with Crippen molar-refractivity contribution in [2.75, 3.05) is 0 Å². The van der Waals surface area contributed by atoms with Gasteiger partial charge in [-0.2, -0.15) is 0 Å². The first-order valence-electron chi connectivity index (χ1n) is 15.0. The molecule has 4 heteroatoms. The van der Waals surface area contributed by atoms with Crippen molar-refractivity contribution >= 4 is 56.2 Å². The summed E-state index contributed by atoms with van der Waals surface area (Å²) in [5, 5.41) is 36.4. The van der Waals surface area contributed by atoms with Gasteiger partial charge >= 0.3 is 0 Å². The molecule has 0 saturated carbocycles. The number of rotatable bonds is 8. The van der Waals surface area contributed by atoms with E-state index in [-0.39, 0.29) is 22.9 Å². The van der Waals surface area contributed by atoms with Crippen molar-refractivity contribution < 1.29 is 15.3 Å². The van der Waals surface area contributed by atoms with Gasteiger partial charge < -0.3 is 15.3 Å².